The number of hydrogen-bond acceptors (Lipinski definition) is 6. The average Bonchev–Trinajstić information content (AvgIpc) is 3.21. The van der Waals surface area contributed by atoms with Crippen LogP contribution in [0.2, 0.25) is 0 Å². The summed E-state index contributed by atoms with van der Waals surface area (Å²) in [5.74, 6) is 0.379. The van der Waals surface area contributed by atoms with Crippen molar-refractivity contribution in [3.63, 3.8) is 0 Å². The maximum absolute atomic E-state index is 14.0. The van der Waals surface area contributed by atoms with E-state index in [0.717, 1.165) is 10.8 Å². The molecule has 0 radical (unpaired) electrons. The third-order valence-electron chi connectivity index (χ3n) is 4.86. The summed E-state index contributed by atoms with van der Waals surface area (Å²) in [6.07, 6.45) is 1.38. The van der Waals surface area contributed by atoms with Gasteiger partial charge in [-0.3, -0.25) is 4.79 Å². The van der Waals surface area contributed by atoms with Gasteiger partial charge in [0.1, 0.15) is 10.8 Å². The summed E-state index contributed by atoms with van der Waals surface area (Å²) in [7, 11) is 0. The summed E-state index contributed by atoms with van der Waals surface area (Å²) in [6.45, 7) is 1.32. The molecule has 2 heterocycles. The molecular weight excluding hydrogens is 407 g/mol. The molecule has 1 aromatic heterocycles. The topological polar surface area (TPSA) is 58.1 Å². The number of benzene rings is 2. The van der Waals surface area contributed by atoms with Gasteiger partial charge in [0.15, 0.2) is 0 Å². The van der Waals surface area contributed by atoms with Gasteiger partial charge >= 0.3 is 0 Å². The van der Waals surface area contributed by atoms with Crippen LogP contribution in [0.4, 0.5) is 15.2 Å². The lowest BCUT2D eigenvalue weighted by Gasteiger charge is -2.33. The summed E-state index contributed by atoms with van der Waals surface area (Å²) in [5, 5.41) is 12.6. The molecule has 1 aliphatic rings. The Morgan fingerprint density at radius 2 is 1.83 bits per heavy atom. The average molecular weight is 429 g/mol. The molecule has 1 N–H and O–H groups in total. The maximum Gasteiger partial charge on any atom is 0.229 e. The summed E-state index contributed by atoms with van der Waals surface area (Å²) >= 11 is 3.10. The first-order chi connectivity index (χ1) is 14.2. The standard InChI is InChI=1S/C21H21FN4OS2/c22-17-8-4-5-9-18(17)26-12-10-15(11-13-26)20(27)23-21-25-24-19(29-21)14-28-16-6-2-1-3-7-16/h1-9,15H,10-14H2,(H,23,25,27). The van der Waals surface area contributed by atoms with E-state index in [4.69, 9.17) is 0 Å². The molecule has 0 bridgehead atoms. The zero-order valence-corrected chi connectivity index (χ0v) is 17.4. The number of anilines is 2. The van der Waals surface area contributed by atoms with Crippen LogP contribution in [0.5, 0.6) is 0 Å². The molecule has 3 aromatic rings. The molecule has 1 amide bonds. The zero-order chi connectivity index (χ0) is 20.1. The summed E-state index contributed by atoms with van der Waals surface area (Å²) < 4.78 is 14.0. The first-order valence-electron chi connectivity index (χ1n) is 9.49. The second kappa shape index (κ2) is 9.37. The fourth-order valence-electron chi connectivity index (χ4n) is 3.32. The van der Waals surface area contributed by atoms with E-state index in [0.29, 0.717) is 36.8 Å². The van der Waals surface area contributed by atoms with Crippen molar-refractivity contribution < 1.29 is 9.18 Å². The first-order valence-corrected chi connectivity index (χ1v) is 11.3. The van der Waals surface area contributed by atoms with E-state index in [2.05, 4.69) is 27.6 Å². The smallest absolute Gasteiger partial charge is 0.229 e. The van der Waals surface area contributed by atoms with Gasteiger partial charge in [-0.2, -0.15) is 0 Å². The molecule has 4 rings (SSSR count). The minimum atomic E-state index is -0.217. The minimum Gasteiger partial charge on any atom is -0.369 e. The number of hydrogen-bond donors (Lipinski definition) is 1. The Morgan fingerprint density at radius 1 is 1.10 bits per heavy atom. The molecule has 1 saturated heterocycles. The van der Waals surface area contributed by atoms with Crippen LogP contribution in [-0.4, -0.2) is 29.2 Å². The Balaban J connectivity index is 1.27. The quantitative estimate of drug-likeness (QED) is 0.570. The fourth-order valence-corrected chi connectivity index (χ4v) is 4.97. The van der Waals surface area contributed by atoms with E-state index < -0.39 is 0 Å². The molecule has 29 heavy (non-hydrogen) atoms. The van der Waals surface area contributed by atoms with Crippen molar-refractivity contribution in [2.45, 2.75) is 23.5 Å². The Kier molecular flexibility index (Phi) is 6.41. The van der Waals surface area contributed by atoms with E-state index in [1.54, 1.807) is 23.9 Å². The van der Waals surface area contributed by atoms with Gasteiger partial charge in [-0.1, -0.05) is 41.7 Å². The number of nitrogens with zero attached hydrogens (tertiary/aromatic N) is 3. The van der Waals surface area contributed by atoms with E-state index >= 15 is 0 Å². The fraction of sp³-hybridized carbons (Fsp3) is 0.286. The molecular formula is C21H21FN4OS2. The molecule has 1 fully saturated rings. The number of thioether (sulfide) groups is 1. The number of aromatic nitrogens is 2. The van der Waals surface area contributed by atoms with E-state index in [1.165, 1.54) is 22.3 Å². The Labute approximate surface area is 177 Å². The van der Waals surface area contributed by atoms with Crippen LogP contribution in [0.15, 0.2) is 59.5 Å². The first kappa shape index (κ1) is 19.8. The van der Waals surface area contributed by atoms with Crippen molar-refractivity contribution in [1.82, 2.24) is 10.2 Å². The van der Waals surface area contributed by atoms with Gasteiger partial charge in [0.05, 0.1) is 11.4 Å². The number of halogens is 1. The Morgan fingerprint density at radius 3 is 2.59 bits per heavy atom. The number of nitrogens with one attached hydrogen (secondary N) is 1. The highest BCUT2D eigenvalue weighted by Crippen LogP contribution is 2.28. The summed E-state index contributed by atoms with van der Waals surface area (Å²) in [5.41, 5.74) is 0.607. The van der Waals surface area contributed by atoms with Crippen LogP contribution in [0.25, 0.3) is 0 Å². The number of para-hydroxylation sites is 1. The van der Waals surface area contributed by atoms with Crippen LogP contribution in [-0.2, 0) is 10.5 Å². The van der Waals surface area contributed by atoms with Crippen molar-refractivity contribution in [2.24, 2.45) is 5.92 Å². The molecule has 5 nitrogen and oxygen atoms in total. The van der Waals surface area contributed by atoms with Crippen LogP contribution in [0.1, 0.15) is 17.8 Å². The highest BCUT2D eigenvalue weighted by atomic mass is 32.2. The second-order valence-electron chi connectivity index (χ2n) is 6.80. The van der Waals surface area contributed by atoms with Crippen molar-refractivity contribution in [3.8, 4) is 0 Å². The van der Waals surface area contributed by atoms with Gasteiger partial charge in [0.2, 0.25) is 11.0 Å². The second-order valence-corrected chi connectivity index (χ2v) is 8.92. The third kappa shape index (κ3) is 5.13. The van der Waals surface area contributed by atoms with Crippen LogP contribution in [0.3, 0.4) is 0 Å². The Bertz CT molecular complexity index is 958. The van der Waals surface area contributed by atoms with Crippen LogP contribution >= 0.6 is 23.1 Å². The molecule has 8 heteroatoms. The monoisotopic (exact) mass is 428 g/mol. The Hall–Kier alpha value is -2.45. The highest BCUT2D eigenvalue weighted by Gasteiger charge is 2.26. The minimum absolute atomic E-state index is 0.0309. The van der Waals surface area contributed by atoms with Gasteiger partial charge in [-0.15, -0.1) is 22.0 Å². The number of carbonyl (C=O) groups is 1. The molecule has 0 aliphatic carbocycles. The lowest BCUT2D eigenvalue weighted by Crippen LogP contribution is -2.38. The molecule has 2 aromatic carbocycles. The van der Waals surface area contributed by atoms with Gasteiger partial charge in [0.25, 0.3) is 0 Å². The van der Waals surface area contributed by atoms with Crippen LogP contribution in [0, 0.1) is 11.7 Å². The van der Waals surface area contributed by atoms with Crippen molar-refractivity contribution in [3.05, 3.63) is 65.4 Å². The number of piperidine rings is 1. The van der Waals surface area contributed by atoms with Gasteiger partial charge in [0, 0.05) is 23.9 Å². The van der Waals surface area contributed by atoms with Gasteiger partial charge in [-0.25, -0.2) is 4.39 Å². The van der Waals surface area contributed by atoms with Crippen molar-refractivity contribution >= 4 is 39.8 Å². The van der Waals surface area contributed by atoms with E-state index in [1.807, 2.05) is 29.2 Å². The number of rotatable bonds is 6. The zero-order valence-electron chi connectivity index (χ0n) is 15.8. The molecule has 0 unspecified atom stereocenters. The number of carbonyl (C=O) groups excluding carboxylic acids is 1. The highest BCUT2D eigenvalue weighted by molar-refractivity contribution is 7.98. The SMILES string of the molecule is O=C(Nc1nnc(CSc2ccccc2)s1)C1CCN(c2ccccc2F)CC1. The lowest BCUT2D eigenvalue weighted by atomic mass is 9.95. The van der Waals surface area contributed by atoms with Gasteiger partial charge in [-0.05, 0) is 37.1 Å². The molecule has 0 spiro atoms. The van der Waals surface area contributed by atoms with Crippen molar-refractivity contribution in [1.29, 1.82) is 0 Å². The van der Waals surface area contributed by atoms with Crippen molar-refractivity contribution in [2.75, 3.05) is 23.3 Å². The summed E-state index contributed by atoms with van der Waals surface area (Å²) in [4.78, 5) is 15.8. The van der Waals surface area contributed by atoms with Crippen LogP contribution < -0.4 is 10.2 Å². The van der Waals surface area contributed by atoms with E-state index in [-0.39, 0.29) is 17.6 Å². The molecule has 0 saturated carbocycles. The third-order valence-corrected chi connectivity index (χ3v) is 6.91. The predicted octanol–water partition coefficient (Wildman–Crippen LogP) is 4.82. The van der Waals surface area contributed by atoms with Gasteiger partial charge < -0.3 is 10.2 Å². The molecule has 150 valence electrons. The normalized spacial score (nSPS) is 14.7. The van der Waals surface area contributed by atoms with E-state index in [9.17, 15) is 9.18 Å². The lowest BCUT2D eigenvalue weighted by molar-refractivity contribution is -0.120. The molecule has 1 aliphatic heterocycles. The summed E-state index contributed by atoms with van der Waals surface area (Å²) in [6, 6.07) is 16.9. The molecule has 0 atom stereocenters. The predicted molar refractivity (Wildman–Crippen MR) is 116 cm³/mol. The maximum atomic E-state index is 14.0. The number of amides is 1. The largest absolute Gasteiger partial charge is 0.369 e.